The molecule has 1 amide bonds. The largest absolute Gasteiger partial charge is 0.497 e. The number of nitrogens with zero attached hydrogens (tertiary/aromatic N) is 1. The van der Waals surface area contributed by atoms with Crippen LogP contribution in [-0.4, -0.2) is 70.1 Å². The maximum Gasteiger partial charge on any atom is 0.251 e. The average Bonchev–Trinajstić information content (AvgIpc) is 3.38. The number of ether oxygens (including phenoxy) is 4. The number of benzene rings is 2. The Labute approximate surface area is 189 Å². The smallest absolute Gasteiger partial charge is 0.251 e. The van der Waals surface area contributed by atoms with E-state index in [9.17, 15) is 4.79 Å². The quantitative estimate of drug-likeness (QED) is 0.646. The van der Waals surface area contributed by atoms with Crippen LogP contribution in [0.15, 0.2) is 48.5 Å². The van der Waals surface area contributed by atoms with Crippen LogP contribution in [0.25, 0.3) is 0 Å². The summed E-state index contributed by atoms with van der Waals surface area (Å²) in [7, 11) is 1.66. The van der Waals surface area contributed by atoms with Crippen LogP contribution < -0.4 is 14.8 Å². The number of morpholine rings is 1. The van der Waals surface area contributed by atoms with Gasteiger partial charge in [0.1, 0.15) is 18.1 Å². The van der Waals surface area contributed by atoms with E-state index in [1.54, 1.807) is 19.2 Å². The molecule has 172 valence electrons. The van der Waals surface area contributed by atoms with Gasteiger partial charge in [0.05, 0.1) is 32.5 Å². The zero-order valence-corrected chi connectivity index (χ0v) is 18.6. The van der Waals surface area contributed by atoms with Gasteiger partial charge < -0.3 is 24.3 Å². The van der Waals surface area contributed by atoms with Crippen molar-refractivity contribution in [3.05, 3.63) is 59.7 Å². The molecule has 0 aliphatic carbocycles. The van der Waals surface area contributed by atoms with Crippen LogP contribution >= 0.6 is 0 Å². The average molecular weight is 441 g/mol. The number of rotatable bonds is 9. The summed E-state index contributed by atoms with van der Waals surface area (Å²) in [5, 5.41) is 3.11. The third kappa shape index (κ3) is 6.00. The van der Waals surface area contributed by atoms with Crippen molar-refractivity contribution in [1.82, 2.24) is 10.2 Å². The van der Waals surface area contributed by atoms with Gasteiger partial charge in [0.15, 0.2) is 0 Å². The fraction of sp³-hybridized carbons (Fsp3) is 0.480. The normalized spacial score (nSPS) is 20.0. The second-order valence-electron chi connectivity index (χ2n) is 8.12. The second-order valence-corrected chi connectivity index (χ2v) is 8.12. The Morgan fingerprint density at radius 1 is 1.06 bits per heavy atom. The van der Waals surface area contributed by atoms with E-state index in [4.69, 9.17) is 18.9 Å². The molecule has 1 N–H and O–H groups in total. The summed E-state index contributed by atoms with van der Waals surface area (Å²) >= 11 is 0. The van der Waals surface area contributed by atoms with E-state index in [0.717, 1.165) is 49.6 Å². The van der Waals surface area contributed by atoms with E-state index >= 15 is 0 Å². The second kappa shape index (κ2) is 11.3. The minimum absolute atomic E-state index is 0.0720. The van der Waals surface area contributed by atoms with Crippen molar-refractivity contribution in [2.45, 2.75) is 25.0 Å². The standard InChI is InChI=1S/C25H32N2O5/c1-29-21-8-4-19(5-9-21)24(27-12-15-30-16-13-27)17-26-25(28)20-6-10-22(11-7-20)32-18-23-3-2-14-31-23/h4-11,23-24H,2-3,12-18H2,1H3,(H,26,28)/t23-,24-/m1/s1. The van der Waals surface area contributed by atoms with Crippen molar-refractivity contribution in [2.24, 2.45) is 0 Å². The van der Waals surface area contributed by atoms with Crippen LogP contribution in [-0.2, 0) is 9.47 Å². The lowest BCUT2D eigenvalue weighted by Crippen LogP contribution is -2.43. The third-order valence-electron chi connectivity index (χ3n) is 6.02. The van der Waals surface area contributed by atoms with Gasteiger partial charge in [-0.3, -0.25) is 9.69 Å². The van der Waals surface area contributed by atoms with Crippen LogP contribution in [0.5, 0.6) is 11.5 Å². The van der Waals surface area contributed by atoms with Crippen molar-refractivity contribution >= 4 is 5.91 Å². The topological polar surface area (TPSA) is 69.3 Å². The molecule has 4 rings (SSSR count). The van der Waals surface area contributed by atoms with Crippen LogP contribution in [0.1, 0.15) is 34.8 Å². The van der Waals surface area contributed by atoms with Crippen LogP contribution in [0.4, 0.5) is 0 Å². The molecule has 7 nitrogen and oxygen atoms in total. The van der Waals surface area contributed by atoms with Crippen molar-refractivity contribution in [3.63, 3.8) is 0 Å². The molecule has 2 saturated heterocycles. The Bertz CT molecular complexity index is 844. The molecule has 2 aromatic carbocycles. The van der Waals surface area contributed by atoms with E-state index in [-0.39, 0.29) is 18.1 Å². The number of carbonyl (C=O) groups excluding carboxylic acids is 1. The van der Waals surface area contributed by atoms with Gasteiger partial charge in [0.2, 0.25) is 0 Å². The Balaban J connectivity index is 1.35. The van der Waals surface area contributed by atoms with Crippen LogP contribution in [0.3, 0.4) is 0 Å². The molecular formula is C25H32N2O5. The highest BCUT2D eigenvalue weighted by atomic mass is 16.5. The maximum absolute atomic E-state index is 12.8. The minimum atomic E-state index is -0.0950. The van der Waals surface area contributed by atoms with Crippen LogP contribution in [0.2, 0.25) is 0 Å². The molecule has 0 radical (unpaired) electrons. The molecular weight excluding hydrogens is 408 g/mol. The summed E-state index contributed by atoms with van der Waals surface area (Å²) in [5.41, 5.74) is 1.76. The van der Waals surface area contributed by atoms with Crippen molar-refractivity contribution in [1.29, 1.82) is 0 Å². The number of methoxy groups -OCH3 is 1. The highest BCUT2D eigenvalue weighted by Gasteiger charge is 2.23. The summed E-state index contributed by atoms with van der Waals surface area (Å²) in [4.78, 5) is 15.2. The molecule has 2 aromatic rings. The van der Waals surface area contributed by atoms with Crippen molar-refractivity contribution in [2.75, 3.05) is 53.2 Å². The Kier molecular flexibility index (Phi) is 7.98. The molecule has 0 aromatic heterocycles. The predicted octanol–water partition coefficient (Wildman–Crippen LogP) is 3.06. The Morgan fingerprint density at radius 2 is 1.78 bits per heavy atom. The zero-order valence-electron chi connectivity index (χ0n) is 18.6. The van der Waals surface area contributed by atoms with Gasteiger partial charge in [-0.15, -0.1) is 0 Å². The molecule has 2 atom stereocenters. The molecule has 0 saturated carbocycles. The van der Waals surface area contributed by atoms with E-state index in [1.165, 1.54) is 0 Å². The summed E-state index contributed by atoms with van der Waals surface area (Å²) in [5.74, 6) is 1.48. The van der Waals surface area contributed by atoms with Gasteiger partial charge in [-0.25, -0.2) is 0 Å². The first-order valence-electron chi connectivity index (χ1n) is 11.3. The number of amides is 1. The van der Waals surface area contributed by atoms with E-state index in [2.05, 4.69) is 22.3 Å². The van der Waals surface area contributed by atoms with Crippen molar-refractivity contribution in [3.8, 4) is 11.5 Å². The Morgan fingerprint density at radius 3 is 2.44 bits per heavy atom. The van der Waals surface area contributed by atoms with Gasteiger partial charge in [-0.05, 0) is 54.8 Å². The number of hydrogen-bond acceptors (Lipinski definition) is 6. The molecule has 2 heterocycles. The minimum Gasteiger partial charge on any atom is -0.497 e. The van der Waals surface area contributed by atoms with Gasteiger partial charge in [0.25, 0.3) is 5.91 Å². The van der Waals surface area contributed by atoms with Gasteiger partial charge >= 0.3 is 0 Å². The van der Waals surface area contributed by atoms with E-state index in [1.807, 2.05) is 24.3 Å². The zero-order chi connectivity index (χ0) is 22.2. The lowest BCUT2D eigenvalue weighted by molar-refractivity contribution is 0.0162. The molecule has 32 heavy (non-hydrogen) atoms. The monoisotopic (exact) mass is 440 g/mol. The number of carbonyl (C=O) groups is 1. The van der Waals surface area contributed by atoms with E-state index in [0.29, 0.717) is 31.9 Å². The van der Waals surface area contributed by atoms with Crippen LogP contribution in [0, 0.1) is 0 Å². The fourth-order valence-corrected chi connectivity index (χ4v) is 4.13. The first kappa shape index (κ1) is 22.6. The van der Waals surface area contributed by atoms with Gasteiger partial charge in [-0.2, -0.15) is 0 Å². The molecule has 0 unspecified atom stereocenters. The highest BCUT2D eigenvalue weighted by Crippen LogP contribution is 2.24. The summed E-state index contributed by atoms with van der Waals surface area (Å²) in [6, 6.07) is 15.4. The van der Waals surface area contributed by atoms with E-state index < -0.39 is 0 Å². The van der Waals surface area contributed by atoms with Crippen molar-refractivity contribution < 1.29 is 23.7 Å². The third-order valence-corrected chi connectivity index (χ3v) is 6.02. The fourth-order valence-electron chi connectivity index (χ4n) is 4.13. The maximum atomic E-state index is 12.8. The highest BCUT2D eigenvalue weighted by molar-refractivity contribution is 5.94. The molecule has 2 fully saturated rings. The lowest BCUT2D eigenvalue weighted by atomic mass is 10.0. The Hall–Kier alpha value is -2.61. The molecule has 0 spiro atoms. The van der Waals surface area contributed by atoms with Gasteiger partial charge in [0, 0.05) is 31.8 Å². The molecule has 7 heteroatoms. The summed E-state index contributed by atoms with van der Waals surface area (Å²) in [6.07, 6.45) is 2.31. The first-order valence-corrected chi connectivity index (χ1v) is 11.3. The summed E-state index contributed by atoms with van der Waals surface area (Å²) < 4.78 is 22.2. The molecule has 2 aliphatic rings. The van der Waals surface area contributed by atoms with Gasteiger partial charge in [-0.1, -0.05) is 12.1 Å². The predicted molar refractivity (Wildman–Crippen MR) is 121 cm³/mol. The SMILES string of the molecule is COc1ccc([C@@H](CNC(=O)c2ccc(OC[C@H]3CCCO3)cc2)N2CCOCC2)cc1. The lowest BCUT2D eigenvalue weighted by Gasteiger charge is -2.35. The number of nitrogens with one attached hydrogen (secondary N) is 1. The first-order chi connectivity index (χ1) is 15.7. The molecule has 0 bridgehead atoms. The number of hydrogen-bond donors (Lipinski definition) is 1. The summed E-state index contributed by atoms with van der Waals surface area (Å²) in [6.45, 7) is 4.96. The molecule has 2 aliphatic heterocycles.